The van der Waals surface area contributed by atoms with E-state index in [-0.39, 0.29) is 37.7 Å². The number of hydrogen-bond acceptors (Lipinski definition) is 4. The Labute approximate surface area is 237 Å². The molecule has 0 unspecified atom stereocenters. The van der Waals surface area contributed by atoms with Gasteiger partial charge in [-0.05, 0) is 55.2 Å². The van der Waals surface area contributed by atoms with Crippen LogP contribution in [0.15, 0.2) is 78.9 Å². The molecule has 0 heterocycles. The summed E-state index contributed by atoms with van der Waals surface area (Å²) >= 11 is 0. The Morgan fingerprint density at radius 1 is 0.925 bits per heavy atom. The van der Waals surface area contributed by atoms with Crippen LogP contribution in [0, 0.1) is 12.7 Å². The Morgan fingerprint density at radius 3 is 2.17 bits per heavy atom. The SMILES string of the molecule is CCCNC(=O)[C@@H](Cc1ccccc1)N(Cc1ccc(C)cc1)C(=O)CCCN(c1ccc(F)cc1)S(C)(=O)=O. The van der Waals surface area contributed by atoms with Crippen molar-refractivity contribution in [3.63, 3.8) is 0 Å². The smallest absolute Gasteiger partial charge is 0.243 e. The molecule has 0 bridgehead atoms. The number of benzene rings is 3. The lowest BCUT2D eigenvalue weighted by Crippen LogP contribution is -2.50. The molecule has 0 aliphatic carbocycles. The van der Waals surface area contributed by atoms with Gasteiger partial charge in [0.15, 0.2) is 0 Å². The van der Waals surface area contributed by atoms with E-state index < -0.39 is 21.9 Å². The van der Waals surface area contributed by atoms with Crippen molar-refractivity contribution in [2.24, 2.45) is 0 Å². The van der Waals surface area contributed by atoms with Crippen molar-refractivity contribution < 1.29 is 22.4 Å². The fraction of sp³-hybridized carbons (Fsp3) is 0.355. The summed E-state index contributed by atoms with van der Waals surface area (Å²) in [6.07, 6.45) is 2.45. The molecular formula is C31H38FN3O4S. The molecule has 2 amide bonds. The molecule has 0 aliphatic rings. The molecule has 0 saturated heterocycles. The first-order valence-electron chi connectivity index (χ1n) is 13.5. The minimum absolute atomic E-state index is 0.0332. The zero-order valence-corrected chi connectivity index (χ0v) is 24.2. The number of aryl methyl sites for hydroxylation is 1. The minimum atomic E-state index is -3.66. The number of anilines is 1. The van der Waals surface area contributed by atoms with Crippen molar-refractivity contribution in [3.8, 4) is 0 Å². The van der Waals surface area contributed by atoms with Gasteiger partial charge < -0.3 is 10.2 Å². The van der Waals surface area contributed by atoms with E-state index in [1.54, 1.807) is 4.90 Å². The van der Waals surface area contributed by atoms with Crippen LogP contribution < -0.4 is 9.62 Å². The fourth-order valence-corrected chi connectivity index (χ4v) is 5.39. The van der Waals surface area contributed by atoms with Gasteiger partial charge >= 0.3 is 0 Å². The van der Waals surface area contributed by atoms with E-state index in [0.29, 0.717) is 18.7 Å². The van der Waals surface area contributed by atoms with Gasteiger partial charge in [-0.1, -0.05) is 67.1 Å². The molecule has 3 aromatic rings. The average Bonchev–Trinajstić information content (AvgIpc) is 2.93. The third-order valence-electron chi connectivity index (χ3n) is 6.56. The molecular weight excluding hydrogens is 529 g/mol. The summed E-state index contributed by atoms with van der Waals surface area (Å²) in [5, 5.41) is 2.95. The Hall–Kier alpha value is -3.72. The summed E-state index contributed by atoms with van der Waals surface area (Å²) in [6.45, 7) is 4.73. The maximum absolute atomic E-state index is 13.8. The molecule has 0 aromatic heterocycles. The second-order valence-corrected chi connectivity index (χ2v) is 11.8. The van der Waals surface area contributed by atoms with Crippen LogP contribution in [0.1, 0.15) is 42.9 Å². The zero-order valence-electron chi connectivity index (χ0n) is 23.3. The molecule has 1 N–H and O–H groups in total. The highest BCUT2D eigenvalue weighted by atomic mass is 32.2. The van der Waals surface area contributed by atoms with Crippen LogP contribution in [0.4, 0.5) is 10.1 Å². The number of amides is 2. The molecule has 0 saturated carbocycles. The maximum atomic E-state index is 13.8. The van der Waals surface area contributed by atoms with E-state index in [1.165, 1.54) is 28.6 Å². The Balaban J connectivity index is 1.85. The van der Waals surface area contributed by atoms with E-state index in [0.717, 1.165) is 29.4 Å². The standard InChI is InChI=1S/C31H38FN3O4S/c1-4-20-33-31(37)29(22-25-9-6-5-7-10-25)34(23-26-14-12-24(2)13-15-26)30(36)11-8-21-35(40(3,38)39)28-18-16-27(32)17-19-28/h5-7,9-10,12-19,29H,4,8,11,20-23H2,1-3H3,(H,33,37)/t29-/m1/s1. The van der Waals surface area contributed by atoms with E-state index in [2.05, 4.69) is 5.32 Å². The van der Waals surface area contributed by atoms with Crippen LogP contribution in [-0.4, -0.2) is 50.5 Å². The second-order valence-electron chi connectivity index (χ2n) is 9.92. The third-order valence-corrected chi connectivity index (χ3v) is 7.75. The van der Waals surface area contributed by atoms with Gasteiger partial charge in [0.25, 0.3) is 0 Å². The van der Waals surface area contributed by atoms with Crippen LogP contribution in [0.25, 0.3) is 0 Å². The largest absolute Gasteiger partial charge is 0.354 e. The lowest BCUT2D eigenvalue weighted by Gasteiger charge is -2.32. The van der Waals surface area contributed by atoms with E-state index in [9.17, 15) is 22.4 Å². The molecule has 214 valence electrons. The number of nitrogens with zero attached hydrogens (tertiary/aromatic N) is 2. The number of sulfonamides is 1. The molecule has 40 heavy (non-hydrogen) atoms. The van der Waals surface area contributed by atoms with E-state index in [1.807, 2.05) is 68.4 Å². The minimum Gasteiger partial charge on any atom is -0.354 e. The summed E-state index contributed by atoms with van der Waals surface area (Å²) in [5.74, 6) is -0.944. The lowest BCUT2D eigenvalue weighted by atomic mass is 10.0. The van der Waals surface area contributed by atoms with Gasteiger partial charge in [-0.3, -0.25) is 13.9 Å². The fourth-order valence-electron chi connectivity index (χ4n) is 4.42. The van der Waals surface area contributed by atoms with Gasteiger partial charge in [0.2, 0.25) is 21.8 Å². The van der Waals surface area contributed by atoms with Crippen molar-refractivity contribution in [1.29, 1.82) is 0 Å². The molecule has 0 spiro atoms. The number of nitrogens with one attached hydrogen (secondary N) is 1. The van der Waals surface area contributed by atoms with Crippen LogP contribution in [0.5, 0.6) is 0 Å². The highest BCUT2D eigenvalue weighted by Gasteiger charge is 2.30. The third kappa shape index (κ3) is 9.19. The van der Waals surface area contributed by atoms with Crippen LogP contribution >= 0.6 is 0 Å². The van der Waals surface area contributed by atoms with Gasteiger partial charge in [0.1, 0.15) is 11.9 Å². The van der Waals surface area contributed by atoms with Crippen LogP contribution in [-0.2, 0) is 32.6 Å². The van der Waals surface area contributed by atoms with Crippen molar-refractivity contribution in [1.82, 2.24) is 10.2 Å². The van der Waals surface area contributed by atoms with Gasteiger partial charge in [-0.2, -0.15) is 0 Å². The first kappa shape index (κ1) is 30.8. The Morgan fingerprint density at radius 2 is 1.57 bits per heavy atom. The van der Waals surface area contributed by atoms with Crippen LogP contribution in [0.2, 0.25) is 0 Å². The number of halogens is 1. The number of hydrogen-bond donors (Lipinski definition) is 1. The van der Waals surface area contributed by atoms with Crippen molar-refractivity contribution in [2.75, 3.05) is 23.7 Å². The lowest BCUT2D eigenvalue weighted by molar-refractivity contribution is -0.141. The molecule has 0 radical (unpaired) electrons. The monoisotopic (exact) mass is 567 g/mol. The predicted octanol–water partition coefficient (Wildman–Crippen LogP) is 4.85. The molecule has 0 aliphatic heterocycles. The van der Waals surface area contributed by atoms with Crippen LogP contribution in [0.3, 0.4) is 0 Å². The first-order valence-corrected chi connectivity index (χ1v) is 15.3. The van der Waals surface area contributed by atoms with Crippen molar-refractivity contribution >= 4 is 27.5 Å². The Bertz CT molecular complexity index is 1350. The highest BCUT2D eigenvalue weighted by molar-refractivity contribution is 7.92. The number of carbonyl (C=O) groups is 2. The normalized spacial score (nSPS) is 12.0. The predicted molar refractivity (Wildman–Crippen MR) is 157 cm³/mol. The maximum Gasteiger partial charge on any atom is 0.243 e. The number of carbonyl (C=O) groups excluding carboxylic acids is 2. The van der Waals surface area contributed by atoms with Crippen molar-refractivity contribution in [2.45, 2.75) is 52.1 Å². The summed E-state index contributed by atoms with van der Waals surface area (Å²) in [6, 6.07) is 21.8. The molecule has 3 aromatic carbocycles. The molecule has 1 atom stereocenters. The van der Waals surface area contributed by atoms with Gasteiger partial charge in [-0.25, -0.2) is 12.8 Å². The molecule has 0 fully saturated rings. The van der Waals surface area contributed by atoms with E-state index >= 15 is 0 Å². The van der Waals surface area contributed by atoms with Gasteiger partial charge in [0, 0.05) is 32.5 Å². The van der Waals surface area contributed by atoms with Gasteiger partial charge in [0.05, 0.1) is 11.9 Å². The average molecular weight is 568 g/mol. The quantitative estimate of drug-likeness (QED) is 0.302. The van der Waals surface area contributed by atoms with Crippen molar-refractivity contribution in [3.05, 3.63) is 101 Å². The second kappa shape index (κ2) is 14.6. The number of rotatable bonds is 14. The highest BCUT2D eigenvalue weighted by Crippen LogP contribution is 2.21. The van der Waals surface area contributed by atoms with Gasteiger partial charge in [-0.15, -0.1) is 0 Å². The molecule has 9 heteroatoms. The summed E-state index contributed by atoms with van der Waals surface area (Å²) < 4.78 is 39.5. The summed E-state index contributed by atoms with van der Waals surface area (Å²) in [5.41, 5.74) is 3.24. The summed E-state index contributed by atoms with van der Waals surface area (Å²) in [4.78, 5) is 28.8. The topological polar surface area (TPSA) is 86.8 Å². The zero-order chi connectivity index (χ0) is 29.1. The first-order chi connectivity index (χ1) is 19.1. The summed E-state index contributed by atoms with van der Waals surface area (Å²) in [7, 11) is -3.66. The van der Waals surface area contributed by atoms with E-state index in [4.69, 9.17) is 0 Å². The molecule has 3 rings (SSSR count). The molecule has 7 nitrogen and oxygen atoms in total. The Kier molecular flexibility index (Phi) is 11.3.